The maximum atomic E-state index is 12.2. The number of ether oxygens (including phenoxy) is 1. The minimum atomic E-state index is -0.736. The number of carbonyl (C=O) groups is 4. The van der Waals surface area contributed by atoms with E-state index in [4.69, 9.17) is 9.57 Å². The molecular formula is C20H18N4O6. The van der Waals surface area contributed by atoms with E-state index in [0.717, 1.165) is 10.5 Å². The minimum absolute atomic E-state index is 0.238. The van der Waals surface area contributed by atoms with E-state index in [1.807, 2.05) is 0 Å². The third-order valence-corrected chi connectivity index (χ3v) is 4.11. The summed E-state index contributed by atoms with van der Waals surface area (Å²) in [6, 6.07) is 13.3. The topological polar surface area (TPSA) is 126 Å². The number of oxime groups is 1. The second-order valence-corrected chi connectivity index (χ2v) is 6.12. The summed E-state index contributed by atoms with van der Waals surface area (Å²) in [5, 5.41) is 3.65. The number of hydrogen-bond donors (Lipinski definition) is 2. The van der Waals surface area contributed by atoms with Gasteiger partial charge < -0.3 is 9.57 Å². The van der Waals surface area contributed by atoms with Crippen LogP contribution < -0.4 is 15.6 Å². The largest absolute Gasteiger partial charge is 0.497 e. The van der Waals surface area contributed by atoms with E-state index in [9.17, 15) is 19.2 Å². The number of rotatable bonds is 7. The third-order valence-electron chi connectivity index (χ3n) is 4.11. The summed E-state index contributed by atoms with van der Waals surface area (Å²) >= 11 is 0. The molecule has 2 N–H and O–H groups in total. The first-order valence-corrected chi connectivity index (χ1v) is 8.82. The number of methoxy groups -OCH3 is 1. The molecule has 3 rings (SSSR count). The minimum Gasteiger partial charge on any atom is -0.497 e. The van der Waals surface area contributed by atoms with E-state index in [2.05, 4.69) is 16.0 Å². The molecule has 0 atom stereocenters. The number of benzene rings is 2. The summed E-state index contributed by atoms with van der Waals surface area (Å²) in [5.74, 6) is -1.83. The zero-order valence-corrected chi connectivity index (χ0v) is 16.0. The van der Waals surface area contributed by atoms with Gasteiger partial charge in [-0.05, 0) is 42.0 Å². The van der Waals surface area contributed by atoms with Gasteiger partial charge in [0.25, 0.3) is 23.6 Å². The molecule has 0 radical (unpaired) electrons. The lowest BCUT2D eigenvalue weighted by Gasteiger charge is -2.13. The van der Waals surface area contributed by atoms with Crippen molar-refractivity contribution in [1.29, 1.82) is 0 Å². The summed E-state index contributed by atoms with van der Waals surface area (Å²) < 4.78 is 5.04. The highest BCUT2D eigenvalue weighted by atomic mass is 16.6. The molecule has 2 aromatic carbocycles. The van der Waals surface area contributed by atoms with Gasteiger partial charge in [0.2, 0.25) is 0 Å². The van der Waals surface area contributed by atoms with E-state index in [0.29, 0.717) is 5.75 Å². The molecule has 4 amide bonds. The SMILES string of the molecule is COc1ccc(/C=N/OCC(=O)NNC(=O)CN2C(=O)c3ccccc3C2=O)cc1. The molecule has 0 aliphatic carbocycles. The van der Waals surface area contributed by atoms with Crippen molar-refractivity contribution in [2.45, 2.75) is 0 Å². The molecule has 10 heteroatoms. The standard InChI is InChI=1S/C20H18N4O6/c1-29-14-8-6-13(7-9-14)10-21-30-12-18(26)23-22-17(25)11-24-19(27)15-4-2-3-5-16(15)20(24)28/h2-10H,11-12H2,1H3,(H,22,25)(H,23,26)/b21-10+. The Hall–Kier alpha value is -4.21. The van der Waals surface area contributed by atoms with Gasteiger partial charge in [0.05, 0.1) is 24.5 Å². The monoisotopic (exact) mass is 410 g/mol. The van der Waals surface area contributed by atoms with Crippen LogP contribution in [0.3, 0.4) is 0 Å². The Morgan fingerprint density at radius 2 is 1.57 bits per heavy atom. The molecule has 0 unspecified atom stereocenters. The molecule has 0 bridgehead atoms. The van der Waals surface area contributed by atoms with Crippen LogP contribution in [-0.4, -0.2) is 55.0 Å². The Morgan fingerprint density at radius 3 is 2.17 bits per heavy atom. The number of hydrazine groups is 1. The van der Waals surface area contributed by atoms with Gasteiger partial charge in [-0.2, -0.15) is 0 Å². The Balaban J connectivity index is 1.39. The summed E-state index contributed by atoms with van der Waals surface area (Å²) in [6.45, 7) is -0.969. The highest BCUT2D eigenvalue weighted by Crippen LogP contribution is 2.21. The lowest BCUT2D eigenvalue weighted by molar-refractivity contribution is -0.131. The average Bonchev–Trinajstić information content (AvgIpc) is 3.01. The zero-order valence-electron chi connectivity index (χ0n) is 16.0. The fourth-order valence-electron chi connectivity index (χ4n) is 2.63. The number of carbonyl (C=O) groups excluding carboxylic acids is 4. The van der Waals surface area contributed by atoms with Crippen LogP contribution in [0.2, 0.25) is 0 Å². The summed E-state index contributed by atoms with van der Waals surface area (Å²) in [4.78, 5) is 53.7. The third kappa shape index (κ3) is 4.79. The molecule has 154 valence electrons. The smallest absolute Gasteiger partial charge is 0.279 e. The average molecular weight is 410 g/mol. The number of amides is 4. The molecule has 10 nitrogen and oxygen atoms in total. The zero-order chi connectivity index (χ0) is 21.5. The lowest BCUT2D eigenvalue weighted by Crippen LogP contribution is -2.48. The highest BCUT2D eigenvalue weighted by Gasteiger charge is 2.36. The van der Waals surface area contributed by atoms with E-state index < -0.39 is 36.8 Å². The molecule has 2 aromatic rings. The molecule has 0 saturated heterocycles. The van der Waals surface area contributed by atoms with Gasteiger partial charge in [-0.15, -0.1) is 0 Å². The number of nitrogens with zero attached hydrogens (tertiary/aromatic N) is 2. The van der Waals surface area contributed by atoms with Gasteiger partial charge in [0.1, 0.15) is 12.3 Å². The first-order valence-electron chi connectivity index (χ1n) is 8.82. The lowest BCUT2D eigenvalue weighted by atomic mass is 10.1. The van der Waals surface area contributed by atoms with Gasteiger partial charge in [-0.25, -0.2) is 0 Å². The number of imide groups is 1. The fraction of sp³-hybridized carbons (Fsp3) is 0.150. The Kier molecular flexibility index (Phi) is 6.38. The van der Waals surface area contributed by atoms with Crippen molar-refractivity contribution in [2.75, 3.05) is 20.3 Å². The molecular weight excluding hydrogens is 392 g/mol. The molecule has 0 fully saturated rings. The first-order chi connectivity index (χ1) is 14.5. The van der Waals surface area contributed by atoms with Crippen LogP contribution in [0.4, 0.5) is 0 Å². The van der Waals surface area contributed by atoms with Crippen molar-refractivity contribution in [1.82, 2.24) is 15.8 Å². The van der Waals surface area contributed by atoms with Crippen molar-refractivity contribution < 1.29 is 28.8 Å². The molecule has 1 aliphatic heterocycles. The number of hydrogen-bond acceptors (Lipinski definition) is 7. The highest BCUT2D eigenvalue weighted by molar-refractivity contribution is 6.22. The summed E-state index contributed by atoms with van der Waals surface area (Å²) in [6.07, 6.45) is 1.41. The predicted molar refractivity (Wildman–Crippen MR) is 105 cm³/mol. The van der Waals surface area contributed by atoms with Crippen molar-refractivity contribution >= 4 is 29.8 Å². The normalized spacial score (nSPS) is 12.6. The van der Waals surface area contributed by atoms with Crippen LogP contribution >= 0.6 is 0 Å². The molecule has 30 heavy (non-hydrogen) atoms. The maximum absolute atomic E-state index is 12.2. The molecule has 0 saturated carbocycles. The Bertz CT molecular complexity index is 968. The second kappa shape index (κ2) is 9.32. The van der Waals surface area contributed by atoms with Crippen LogP contribution in [0.1, 0.15) is 26.3 Å². The Labute approximate surface area is 171 Å². The van der Waals surface area contributed by atoms with Crippen molar-refractivity contribution in [2.24, 2.45) is 5.16 Å². The molecule has 0 aromatic heterocycles. The van der Waals surface area contributed by atoms with Crippen LogP contribution in [0.25, 0.3) is 0 Å². The molecule has 1 aliphatic rings. The maximum Gasteiger partial charge on any atom is 0.279 e. The molecule has 0 spiro atoms. The van der Waals surface area contributed by atoms with E-state index in [1.54, 1.807) is 43.5 Å². The van der Waals surface area contributed by atoms with Gasteiger partial charge in [0.15, 0.2) is 6.61 Å². The van der Waals surface area contributed by atoms with Crippen molar-refractivity contribution in [3.8, 4) is 5.75 Å². The van der Waals surface area contributed by atoms with E-state index >= 15 is 0 Å². The van der Waals surface area contributed by atoms with Crippen molar-refractivity contribution in [3.05, 3.63) is 65.2 Å². The van der Waals surface area contributed by atoms with Gasteiger partial charge in [0, 0.05) is 0 Å². The number of nitrogens with one attached hydrogen (secondary N) is 2. The quantitative estimate of drug-likeness (QED) is 0.389. The summed E-state index contributed by atoms with van der Waals surface area (Å²) in [5.41, 5.74) is 5.45. The van der Waals surface area contributed by atoms with E-state index in [1.165, 1.54) is 18.3 Å². The van der Waals surface area contributed by atoms with Gasteiger partial charge in [-0.3, -0.25) is 34.9 Å². The Morgan fingerprint density at radius 1 is 0.967 bits per heavy atom. The van der Waals surface area contributed by atoms with Gasteiger partial charge in [-0.1, -0.05) is 17.3 Å². The van der Waals surface area contributed by atoms with Crippen LogP contribution in [0.15, 0.2) is 53.7 Å². The van der Waals surface area contributed by atoms with Crippen molar-refractivity contribution in [3.63, 3.8) is 0 Å². The van der Waals surface area contributed by atoms with Crippen LogP contribution in [0, 0.1) is 0 Å². The summed E-state index contributed by atoms with van der Waals surface area (Å²) in [7, 11) is 1.56. The second-order valence-electron chi connectivity index (χ2n) is 6.12. The van der Waals surface area contributed by atoms with Crippen LogP contribution in [-0.2, 0) is 14.4 Å². The fourth-order valence-corrected chi connectivity index (χ4v) is 2.63. The van der Waals surface area contributed by atoms with E-state index in [-0.39, 0.29) is 11.1 Å². The first kappa shape index (κ1) is 20.5. The number of fused-ring (bicyclic) bond motifs is 1. The predicted octanol–water partition coefficient (Wildman–Crippen LogP) is 0.489. The van der Waals surface area contributed by atoms with Gasteiger partial charge >= 0.3 is 0 Å². The van der Waals surface area contributed by atoms with Crippen LogP contribution in [0.5, 0.6) is 5.75 Å². The molecule has 1 heterocycles.